The number of pyridine rings is 1. The fourth-order valence-corrected chi connectivity index (χ4v) is 4.82. The first-order valence-electron chi connectivity index (χ1n) is 13.3. The Balaban J connectivity index is 1.25. The summed E-state index contributed by atoms with van der Waals surface area (Å²) in [6, 6.07) is 15.3. The summed E-state index contributed by atoms with van der Waals surface area (Å²) in [4.78, 5) is 40.6. The van der Waals surface area contributed by atoms with Crippen molar-refractivity contribution >= 4 is 46.4 Å². The molecule has 41 heavy (non-hydrogen) atoms. The average Bonchev–Trinajstić information content (AvgIpc) is 3.43. The summed E-state index contributed by atoms with van der Waals surface area (Å²) in [6.07, 6.45) is 3.83. The van der Waals surface area contributed by atoms with E-state index >= 15 is 0 Å². The second kappa shape index (κ2) is 11.2. The highest BCUT2D eigenvalue weighted by molar-refractivity contribution is 6.00. The fraction of sp³-hybridized carbons (Fsp3) is 0.241. The summed E-state index contributed by atoms with van der Waals surface area (Å²) in [6.45, 7) is 3.49. The lowest BCUT2D eigenvalue weighted by atomic mass is 10.0. The molecule has 12 nitrogen and oxygen atoms in total. The van der Waals surface area contributed by atoms with Crippen LogP contribution in [0.1, 0.15) is 21.8 Å². The van der Waals surface area contributed by atoms with Crippen molar-refractivity contribution in [1.29, 1.82) is 0 Å². The van der Waals surface area contributed by atoms with Gasteiger partial charge in [0.2, 0.25) is 5.91 Å². The molecular weight excluding hydrogens is 522 g/mol. The number of hydrogen-bond acceptors (Lipinski definition) is 9. The largest absolute Gasteiger partial charge is 0.378 e. The lowest BCUT2D eigenvalue weighted by Crippen LogP contribution is -2.37. The Kier molecular flexibility index (Phi) is 7.13. The number of primary amides is 1. The van der Waals surface area contributed by atoms with E-state index in [4.69, 9.17) is 25.4 Å². The van der Waals surface area contributed by atoms with Crippen LogP contribution in [-0.4, -0.2) is 78.0 Å². The van der Waals surface area contributed by atoms with Crippen LogP contribution >= 0.6 is 0 Å². The number of amides is 3. The van der Waals surface area contributed by atoms with Crippen molar-refractivity contribution in [2.75, 3.05) is 55.4 Å². The second-order valence-corrected chi connectivity index (χ2v) is 9.92. The zero-order valence-corrected chi connectivity index (χ0v) is 22.4. The summed E-state index contributed by atoms with van der Waals surface area (Å²) >= 11 is 0. The minimum absolute atomic E-state index is 0.153. The Labute approximate surface area is 236 Å². The molecule has 12 heteroatoms. The topological polar surface area (TPSA) is 151 Å². The van der Waals surface area contributed by atoms with Crippen molar-refractivity contribution in [3.05, 3.63) is 71.9 Å². The second-order valence-electron chi connectivity index (χ2n) is 9.92. The predicted molar refractivity (Wildman–Crippen MR) is 157 cm³/mol. The Morgan fingerprint density at radius 3 is 2.29 bits per heavy atom. The van der Waals surface area contributed by atoms with E-state index in [-0.39, 0.29) is 5.92 Å². The Hall–Kier alpha value is -5.10. The number of benzene rings is 2. The minimum Gasteiger partial charge on any atom is -0.378 e. The number of hydrogen-bond donors (Lipinski definition) is 3. The molecule has 0 bridgehead atoms. The highest BCUT2D eigenvalue weighted by atomic mass is 16.5. The molecule has 1 unspecified atom stereocenters. The highest BCUT2D eigenvalue weighted by Gasteiger charge is 2.22. The maximum absolute atomic E-state index is 12.5. The van der Waals surface area contributed by atoms with E-state index in [2.05, 4.69) is 26.7 Å². The zero-order valence-electron chi connectivity index (χ0n) is 22.4. The van der Waals surface area contributed by atoms with Crippen molar-refractivity contribution < 1.29 is 14.3 Å². The van der Waals surface area contributed by atoms with Crippen LogP contribution in [0.4, 0.5) is 22.0 Å². The normalized spacial score (nSPS) is 16.7. The van der Waals surface area contributed by atoms with E-state index in [1.165, 1.54) is 0 Å². The number of morpholine rings is 1. The van der Waals surface area contributed by atoms with Crippen LogP contribution in [0.5, 0.6) is 0 Å². The molecule has 0 aliphatic carbocycles. The smallest absolute Gasteiger partial charge is 0.323 e. The zero-order chi connectivity index (χ0) is 28.3. The van der Waals surface area contributed by atoms with Gasteiger partial charge in [-0.25, -0.2) is 14.8 Å². The number of carbonyl (C=O) groups is 2. The Morgan fingerprint density at radius 2 is 1.66 bits per heavy atom. The van der Waals surface area contributed by atoms with Gasteiger partial charge in [0.05, 0.1) is 18.7 Å². The molecule has 1 atom stereocenters. The Bertz CT molecular complexity index is 1620. The molecule has 0 radical (unpaired) electrons. The van der Waals surface area contributed by atoms with Gasteiger partial charge in [0.15, 0.2) is 11.6 Å². The highest BCUT2D eigenvalue weighted by Crippen LogP contribution is 2.30. The molecule has 4 N–H and O–H groups in total. The molecule has 2 aromatic carbocycles. The molecule has 4 aromatic rings. The first-order valence-corrected chi connectivity index (χ1v) is 13.3. The van der Waals surface area contributed by atoms with Gasteiger partial charge in [0.1, 0.15) is 5.52 Å². The van der Waals surface area contributed by atoms with Gasteiger partial charge in [-0.05, 0) is 60.2 Å². The predicted octanol–water partition coefficient (Wildman–Crippen LogP) is 3.29. The average molecular weight is 552 g/mol. The molecule has 2 aliphatic rings. The summed E-state index contributed by atoms with van der Waals surface area (Å²) in [5.41, 5.74) is 10.1. The lowest BCUT2D eigenvalue weighted by Gasteiger charge is -2.28. The maximum Gasteiger partial charge on any atom is 0.323 e. The number of urea groups is 1. The minimum atomic E-state index is -0.527. The number of ether oxygens (including phenoxy) is 1. The SMILES string of the molecule is CN1CC(c2cnc3c(N4CCOCC4)nc(-c4ccc(NC(=O)Nc5ccc(C(N)=O)cc5)cc4)nc3c2)C=N1. The van der Waals surface area contributed by atoms with Gasteiger partial charge in [-0.2, -0.15) is 5.10 Å². The monoisotopic (exact) mass is 551 g/mol. The molecule has 1 saturated heterocycles. The third-order valence-electron chi connectivity index (χ3n) is 7.01. The first-order chi connectivity index (χ1) is 19.9. The van der Waals surface area contributed by atoms with E-state index in [1.54, 1.807) is 36.4 Å². The van der Waals surface area contributed by atoms with E-state index in [0.29, 0.717) is 36.0 Å². The van der Waals surface area contributed by atoms with Gasteiger partial charge in [-0.1, -0.05) is 0 Å². The number of nitrogens with one attached hydrogen (secondary N) is 2. The molecule has 3 amide bonds. The van der Waals surface area contributed by atoms with Gasteiger partial charge >= 0.3 is 6.03 Å². The third-order valence-corrected chi connectivity index (χ3v) is 7.01. The molecule has 1 fully saturated rings. The van der Waals surface area contributed by atoms with Gasteiger partial charge in [-0.15, -0.1) is 0 Å². The number of rotatable bonds is 6. The number of hydrazone groups is 1. The molecule has 0 spiro atoms. The van der Waals surface area contributed by atoms with Crippen LogP contribution in [0, 0.1) is 0 Å². The molecule has 6 rings (SSSR count). The standard InChI is InChI=1S/C29H29N9O3/c1-37-17-21(16-32-37)20-14-24-25(31-15-20)28(38-10-12-41-13-11-38)36-27(35-24)19-4-8-23(9-5-19)34-29(40)33-22-6-2-18(3-7-22)26(30)39/h2-9,14-16,21H,10-13,17H2,1H3,(H2,30,39)(H2,33,34,40). The number of nitrogens with two attached hydrogens (primary N) is 1. The number of nitrogens with zero attached hydrogens (tertiary/aromatic N) is 6. The van der Waals surface area contributed by atoms with Crippen LogP contribution in [-0.2, 0) is 4.74 Å². The van der Waals surface area contributed by atoms with E-state index in [9.17, 15) is 9.59 Å². The summed E-state index contributed by atoms with van der Waals surface area (Å²) in [5.74, 6) is 0.975. The van der Waals surface area contributed by atoms with Crippen molar-refractivity contribution in [3.8, 4) is 11.4 Å². The molecular formula is C29H29N9O3. The van der Waals surface area contributed by atoms with Crippen LogP contribution in [0.2, 0.25) is 0 Å². The number of likely N-dealkylation sites (N-methyl/N-ethyl adjacent to an activating group) is 1. The quantitative estimate of drug-likeness (QED) is 0.330. The Morgan fingerprint density at radius 1 is 0.976 bits per heavy atom. The van der Waals surface area contributed by atoms with Gasteiger partial charge in [-0.3, -0.25) is 14.8 Å². The van der Waals surface area contributed by atoms with Gasteiger partial charge < -0.3 is 26.0 Å². The maximum atomic E-state index is 12.5. The van der Waals surface area contributed by atoms with Gasteiger partial charge in [0, 0.05) is 67.5 Å². The number of anilines is 3. The molecule has 208 valence electrons. The summed E-state index contributed by atoms with van der Waals surface area (Å²) < 4.78 is 5.56. The van der Waals surface area contributed by atoms with Crippen LogP contribution in [0.15, 0.2) is 65.9 Å². The van der Waals surface area contributed by atoms with Crippen molar-refractivity contribution in [1.82, 2.24) is 20.0 Å². The van der Waals surface area contributed by atoms with Crippen molar-refractivity contribution in [2.45, 2.75) is 5.92 Å². The molecule has 2 aromatic heterocycles. The first kappa shape index (κ1) is 26.1. The summed E-state index contributed by atoms with van der Waals surface area (Å²) in [7, 11) is 1.95. The summed E-state index contributed by atoms with van der Waals surface area (Å²) in [5, 5.41) is 11.8. The molecule has 0 saturated carbocycles. The number of carbonyl (C=O) groups excluding carboxylic acids is 2. The van der Waals surface area contributed by atoms with Crippen LogP contribution < -0.4 is 21.3 Å². The van der Waals surface area contributed by atoms with E-state index < -0.39 is 11.9 Å². The van der Waals surface area contributed by atoms with E-state index in [1.807, 2.05) is 36.6 Å². The van der Waals surface area contributed by atoms with Crippen molar-refractivity contribution in [2.24, 2.45) is 10.8 Å². The number of fused-ring (bicyclic) bond motifs is 1. The van der Waals surface area contributed by atoms with Gasteiger partial charge in [0.25, 0.3) is 0 Å². The van der Waals surface area contributed by atoms with Crippen molar-refractivity contribution in [3.63, 3.8) is 0 Å². The molecule has 4 heterocycles. The fourth-order valence-electron chi connectivity index (χ4n) is 4.82. The van der Waals surface area contributed by atoms with E-state index in [0.717, 1.165) is 47.6 Å². The number of aromatic nitrogens is 3. The third kappa shape index (κ3) is 5.77. The van der Waals surface area contributed by atoms with Crippen LogP contribution in [0.25, 0.3) is 22.4 Å². The molecule has 2 aliphatic heterocycles. The van der Waals surface area contributed by atoms with Crippen LogP contribution in [0.3, 0.4) is 0 Å². The lowest BCUT2D eigenvalue weighted by molar-refractivity contribution is 0.1000.